The van der Waals surface area contributed by atoms with Crippen molar-refractivity contribution in [3.63, 3.8) is 0 Å². The fourth-order valence-electron chi connectivity index (χ4n) is 2.52. The molecule has 0 aliphatic carbocycles. The summed E-state index contributed by atoms with van der Waals surface area (Å²) in [7, 11) is 1.93. The van der Waals surface area contributed by atoms with Gasteiger partial charge in [0.15, 0.2) is 6.61 Å². The van der Waals surface area contributed by atoms with Crippen LogP contribution >= 0.6 is 0 Å². The van der Waals surface area contributed by atoms with E-state index in [1.807, 2.05) is 31.3 Å². The van der Waals surface area contributed by atoms with Gasteiger partial charge in [0.2, 0.25) is 0 Å². The fourth-order valence-corrected chi connectivity index (χ4v) is 2.52. The summed E-state index contributed by atoms with van der Waals surface area (Å²) in [5.74, 6) is 0.797. The average Bonchev–Trinajstić information content (AvgIpc) is 2.55. The van der Waals surface area contributed by atoms with Crippen molar-refractivity contribution in [3.05, 3.63) is 29.8 Å². The number of rotatable bonds is 6. The highest BCUT2D eigenvalue weighted by molar-refractivity contribution is 5.77. The number of amides is 1. The Kier molecular flexibility index (Phi) is 6.02. The van der Waals surface area contributed by atoms with Crippen LogP contribution in [0.2, 0.25) is 0 Å². The van der Waals surface area contributed by atoms with Crippen molar-refractivity contribution in [2.24, 2.45) is 0 Å². The van der Waals surface area contributed by atoms with Crippen LogP contribution in [0, 0.1) is 0 Å². The summed E-state index contributed by atoms with van der Waals surface area (Å²) in [4.78, 5) is 13.9. The van der Waals surface area contributed by atoms with Crippen LogP contribution in [-0.2, 0) is 9.53 Å². The number of hydrogen-bond acceptors (Lipinski definition) is 4. The maximum Gasteiger partial charge on any atom is 0.260 e. The van der Waals surface area contributed by atoms with Gasteiger partial charge in [-0.05, 0) is 19.5 Å². The largest absolute Gasteiger partial charge is 0.483 e. The van der Waals surface area contributed by atoms with Gasteiger partial charge in [0.1, 0.15) is 5.75 Å². The van der Waals surface area contributed by atoms with E-state index < -0.39 is 0 Å². The summed E-state index contributed by atoms with van der Waals surface area (Å²) >= 11 is 0. The Morgan fingerprint density at radius 3 is 2.76 bits per heavy atom. The number of para-hydroxylation sites is 1. The molecule has 1 aliphatic heterocycles. The molecule has 1 aliphatic rings. The number of morpholine rings is 1. The SMILES string of the molecule is CCC(NC)c1ccccc1OCC(=O)N1CCOCC1. The molecular weight excluding hydrogens is 268 g/mol. The summed E-state index contributed by atoms with van der Waals surface area (Å²) in [5, 5.41) is 3.27. The van der Waals surface area contributed by atoms with Crippen molar-refractivity contribution < 1.29 is 14.3 Å². The lowest BCUT2D eigenvalue weighted by molar-refractivity contribution is -0.137. The van der Waals surface area contributed by atoms with Crippen molar-refractivity contribution in [2.75, 3.05) is 40.0 Å². The van der Waals surface area contributed by atoms with Gasteiger partial charge in [-0.25, -0.2) is 0 Å². The molecule has 1 N–H and O–H groups in total. The van der Waals surface area contributed by atoms with Crippen LogP contribution < -0.4 is 10.1 Å². The molecule has 0 bridgehead atoms. The highest BCUT2D eigenvalue weighted by Crippen LogP contribution is 2.26. The Hall–Kier alpha value is -1.59. The van der Waals surface area contributed by atoms with E-state index in [9.17, 15) is 4.79 Å². The lowest BCUT2D eigenvalue weighted by Crippen LogP contribution is -2.43. The Morgan fingerprint density at radius 1 is 1.38 bits per heavy atom. The normalized spacial score (nSPS) is 16.6. The van der Waals surface area contributed by atoms with Crippen LogP contribution in [-0.4, -0.2) is 50.8 Å². The van der Waals surface area contributed by atoms with E-state index in [0.29, 0.717) is 26.3 Å². The number of carbonyl (C=O) groups excluding carboxylic acids is 1. The first-order chi connectivity index (χ1) is 10.3. The molecule has 5 heteroatoms. The molecule has 1 heterocycles. The molecule has 21 heavy (non-hydrogen) atoms. The van der Waals surface area contributed by atoms with E-state index in [4.69, 9.17) is 9.47 Å². The highest BCUT2D eigenvalue weighted by Gasteiger charge is 2.18. The van der Waals surface area contributed by atoms with Crippen LogP contribution in [0.1, 0.15) is 24.9 Å². The lowest BCUT2D eigenvalue weighted by atomic mass is 10.0. The molecule has 0 radical (unpaired) electrons. The molecule has 0 saturated carbocycles. The zero-order chi connectivity index (χ0) is 15.1. The van der Waals surface area contributed by atoms with Gasteiger partial charge in [-0.3, -0.25) is 4.79 Å². The van der Waals surface area contributed by atoms with Gasteiger partial charge in [-0.15, -0.1) is 0 Å². The zero-order valence-corrected chi connectivity index (χ0v) is 12.8. The third-order valence-corrected chi connectivity index (χ3v) is 3.77. The molecule has 0 aromatic heterocycles. The predicted molar refractivity (Wildman–Crippen MR) is 81.4 cm³/mol. The van der Waals surface area contributed by atoms with E-state index in [0.717, 1.165) is 17.7 Å². The van der Waals surface area contributed by atoms with Crippen molar-refractivity contribution in [1.82, 2.24) is 10.2 Å². The molecule has 1 amide bonds. The molecule has 2 rings (SSSR count). The second-order valence-corrected chi connectivity index (χ2v) is 5.07. The van der Waals surface area contributed by atoms with Crippen molar-refractivity contribution in [2.45, 2.75) is 19.4 Å². The Morgan fingerprint density at radius 2 is 2.10 bits per heavy atom. The zero-order valence-electron chi connectivity index (χ0n) is 12.8. The number of benzene rings is 1. The van der Waals surface area contributed by atoms with Gasteiger partial charge < -0.3 is 19.7 Å². The number of nitrogens with one attached hydrogen (secondary N) is 1. The van der Waals surface area contributed by atoms with Crippen molar-refractivity contribution >= 4 is 5.91 Å². The third kappa shape index (κ3) is 4.19. The van der Waals surface area contributed by atoms with E-state index in [-0.39, 0.29) is 18.6 Å². The van der Waals surface area contributed by atoms with E-state index >= 15 is 0 Å². The molecule has 1 aromatic carbocycles. The van der Waals surface area contributed by atoms with Crippen LogP contribution in [0.25, 0.3) is 0 Å². The highest BCUT2D eigenvalue weighted by atomic mass is 16.5. The summed E-state index contributed by atoms with van der Waals surface area (Å²) in [6.45, 7) is 4.73. The molecule has 1 unspecified atom stereocenters. The molecule has 1 atom stereocenters. The van der Waals surface area contributed by atoms with Crippen LogP contribution in [0.3, 0.4) is 0 Å². The molecule has 1 aromatic rings. The minimum Gasteiger partial charge on any atom is -0.483 e. The van der Waals surface area contributed by atoms with E-state index in [2.05, 4.69) is 12.2 Å². The summed E-state index contributed by atoms with van der Waals surface area (Å²) in [6.07, 6.45) is 0.967. The molecular formula is C16H24N2O3. The molecule has 0 spiro atoms. The average molecular weight is 292 g/mol. The second kappa shape index (κ2) is 8.00. The Bertz CT molecular complexity index is 455. The van der Waals surface area contributed by atoms with Gasteiger partial charge >= 0.3 is 0 Å². The number of ether oxygens (including phenoxy) is 2. The van der Waals surface area contributed by atoms with E-state index in [1.165, 1.54) is 0 Å². The number of hydrogen-bond donors (Lipinski definition) is 1. The predicted octanol–water partition coefficient (Wildman–Crippen LogP) is 1.59. The maximum atomic E-state index is 12.1. The molecule has 116 valence electrons. The molecule has 5 nitrogen and oxygen atoms in total. The Labute approximate surface area is 126 Å². The first-order valence-electron chi connectivity index (χ1n) is 7.50. The smallest absolute Gasteiger partial charge is 0.260 e. The van der Waals surface area contributed by atoms with Crippen molar-refractivity contribution in [3.8, 4) is 5.75 Å². The van der Waals surface area contributed by atoms with E-state index in [1.54, 1.807) is 4.90 Å². The van der Waals surface area contributed by atoms with Gasteiger partial charge in [-0.1, -0.05) is 25.1 Å². The first kappa shape index (κ1) is 15.8. The van der Waals surface area contributed by atoms with Crippen LogP contribution in [0.4, 0.5) is 0 Å². The lowest BCUT2D eigenvalue weighted by Gasteiger charge is -2.27. The second-order valence-electron chi connectivity index (χ2n) is 5.07. The van der Waals surface area contributed by atoms with Gasteiger partial charge in [0.05, 0.1) is 13.2 Å². The van der Waals surface area contributed by atoms with Crippen LogP contribution in [0.5, 0.6) is 5.75 Å². The van der Waals surface area contributed by atoms with Gasteiger partial charge in [-0.2, -0.15) is 0 Å². The van der Waals surface area contributed by atoms with Crippen LogP contribution in [0.15, 0.2) is 24.3 Å². The van der Waals surface area contributed by atoms with Gasteiger partial charge in [0.25, 0.3) is 5.91 Å². The Balaban J connectivity index is 1.97. The quantitative estimate of drug-likeness (QED) is 0.865. The standard InChI is InChI=1S/C16H24N2O3/c1-3-14(17-2)13-6-4-5-7-15(13)21-12-16(19)18-8-10-20-11-9-18/h4-7,14,17H,3,8-12H2,1-2H3. The molecule has 1 fully saturated rings. The summed E-state index contributed by atoms with van der Waals surface area (Å²) in [6, 6.07) is 8.12. The minimum absolute atomic E-state index is 0.0191. The first-order valence-corrected chi connectivity index (χ1v) is 7.50. The van der Waals surface area contributed by atoms with Gasteiger partial charge in [0, 0.05) is 24.7 Å². The third-order valence-electron chi connectivity index (χ3n) is 3.77. The number of carbonyl (C=O) groups is 1. The fraction of sp³-hybridized carbons (Fsp3) is 0.562. The molecule has 1 saturated heterocycles. The van der Waals surface area contributed by atoms with Crippen molar-refractivity contribution in [1.29, 1.82) is 0 Å². The summed E-state index contributed by atoms with van der Waals surface area (Å²) in [5.41, 5.74) is 1.09. The number of nitrogens with zero attached hydrogens (tertiary/aromatic N) is 1. The topological polar surface area (TPSA) is 50.8 Å². The summed E-state index contributed by atoms with van der Waals surface area (Å²) < 4.78 is 11.0. The minimum atomic E-state index is 0.0191. The monoisotopic (exact) mass is 292 g/mol. The maximum absolute atomic E-state index is 12.1.